The summed E-state index contributed by atoms with van der Waals surface area (Å²) in [4.78, 5) is 9.89. The van der Waals surface area contributed by atoms with Crippen molar-refractivity contribution in [1.82, 2.24) is 20.1 Å². The molecular formula is C20H35BF2N6S. The van der Waals surface area contributed by atoms with E-state index in [1.165, 1.54) is 30.0 Å². The molecule has 3 N–H and O–H groups in total. The van der Waals surface area contributed by atoms with Gasteiger partial charge in [0.25, 0.3) is 0 Å². The van der Waals surface area contributed by atoms with E-state index in [0.29, 0.717) is 11.7 Å². The molecule has 30 heavy (non-hydrogen) atoms. The fourth-order valence-corrected chi connectivity index (χ4v) is 4.02. The lowest BCUT2D eigenvalue weighted by Crippen LogP contribution is -2.31. The Bertz CT molecular complexity index is 737. The maximum absolute atomic E-state index is 13.4. The summed E-state index contributed by atoms with van der Waals surface area (Å²) in [6.45, 7) is 9.93. The molecule has 168 valence electrons. The van der Waals surface area contributed by atoms with Gasteiger partial charge in [-0.25, -0.2) is 13.8 Å². The lowest BCUT2D eigenvalue weighted by atomic mass is 10.2. The third-order valence-corrected chi connectivity index (χ3v) is 5.80. The van der Waals surface area contributed by atoms with Gasteiger partial charge in [0.05, 0.1) is 25.3 Å². The highest BCUT2D eigenvalue weighted by atomic mass is 32.1. The Hall–Kier alpha value is -1.68. The maximum atomic E-state index is 13.4. The Morgan fingerprint density at radius 2 is 2.03 bits per heavy atom. The van der Waals surface area contributed by atoms with Crippen LogP contribution in [0.5, 0.6) is 0 Å². The average Bonchev–Trinajstić information content (AvgIpc) is 3.35. The molecule has 3 heterocycles. The molecule has 0 bridgehead atoms. The molecule has 2 aromatic heterocycles. The van der Waals surface area contributed by atoms with Gasteiger partial charge in [-0.15, -0.1) is 11.3 Å². The second-order valence-electron chi connectivity index (χ2n) is 6.81. The van der Waals surface area contributed by atoms with Crippen molar-refractivity contribution in [2.45, 2.75) is 59.2 Å². The monoisotopic (exact) mass is 440 g/mol. The second kappa shape index (κ2) is 12.9. The van der Waals surface area contributed by atoms with Crippen molar-refractivity contribution in [1.29, 1.82) is 0 Å². The Morgan fingerprint density at radius 1 is 1.33 bits per heavy atom. The summed E-state index contributed by atoms with van der Waals surface area (Å²) in [7, 11) is 6.40. The minimum atomic E-state index is -2.56. The van der Waals surface area contributed by atoms with Gasteiger partial charge in [-0.05, 0) is 20.0 Å². The number of alkyl halides is 2. The molecular weight excluding hydrogens is 405 g/mol. The van der Waals surface area contributed by atoms with Gasteiger partial charge >= 0.3 is 0 Å². The van der Waals surface area contributed by atoms with Crippen molar-refractivity contribution >= 4 is 30.1 Å². The number of hydrogen-bond donors (Lipinski definition) is 2. The van der Waals surface area contributed by atoms with E-state index in [0.717, 1.165) is 49.6 Å². The number of aromatic amines is 1. The molecule has 1 aliphatic heterocycles. The molecule has 0 spiro atoms. The highest BCUT2D eigenvalue weighted by Crippen LogP contribution is 2.37. The SMILES string of the molecule is CC.CCC(F)(F)CCN(C)CCCN1CCc2sc(N)nc2-c2cn[nH]c21.[B]C. The number of nitrogens with one attached hydrogen (secondary N) is 1. The van der Waals surface area contributed by atoms with Crippen LogP contribution < -0.4 is 10.6 Å². The van der Waals surface area contributed by atoms with Crippen LogP contribution in [0.2, 0.25) is 6.82 Å². The fraction of sp³-hybridized carbons (Fsp3) is 0.700. The Morgan fingerprint density at radius 3 is 2.70 bits per heavy atom. The van der Waals surface area contributed by atoms with E-state index in [-0.39, 0.29) is 12.8 Å². The second-order valence-corrected chi connectivity index (χ2v) is 7.92. The first kappa shape index (κ1) is 26.4. The number of hydrogen-bond acceptors (Lipinski definition) is 6. The van der Waals surface area contributed by atoms with Crippen molar-refractivity contribution in [2.24, 2.45) is 0 Å². The number of nitrogens with two attached hydrogens (primary N) is 1. The van der Waals surface area contributed by atoms with Gasteiger partial charge < -0.3 is 15.5 Å². The summed E-state index contributed by atoms with van der Waals surface area (Å²) in [6.07, 6.45) is 3.41. The van der Waals surface area contributed by atoms with Gasteiger partial charge in [0.1, 0.15) is 5.82 Å². The van der Waals surface area contributed by atoms with E-state index in [2.05, 4.69) is 27.9 Å². The van der Waals surface area contributed by atoms with Gasteiger partial charge in [-0.3, -0.25) is 5.10 Å². The van der Waals surface area contributed by atoms with Crippen LogP contribution in [0.15, 0.2) is 6.20 Å². The van der Waals surface area contributed by atoms with E-state index in [9.17, 15) is 8.78 Å². The lowest BCUT2D eigenvalue weighted by Gasteiger charge is -2.25. The molecule has 1 aliphatic rings. The molecule has 0 fully saturated rings. The highest BCUT2D eigenvalue weighted by Gasteiger charge is 2.26. The van der Waals surface area contributed by atoms with E-state index >= 15 is 0 Å². The quantitative estimate of drug-likeness (QED) is 0.593. The van der Waals surface area contributed by atoms with E-state index in [1.54, 1.807) is 6.20 Å². The van der Waals surface area contributed by atoms with Crippen LogP contribution in [-0.4, -0.2) is 67.1 Å². The molecule has 0 saturated carbocycles. The molecule has 10 heteroatoms. The van der Waals surface area contributed by atoms with Crippen molar-refractivity contribution in [2.75, 3.05) is 43.9 Å². The number of thiazole rings is 1. The zero-order valence-corrected chi connectivity index (χ0v) is 19.7. The van der Waals surface area contributed by atoms with Crippen LogP contribution in [0.1, 0.15) is 44.9 Å². The molecule has 6 nitrogen and oxygen atoms in total. The van der Waals surface area contributed by atoms with Crippen LogP contribution >= 0.6 is 11.3 Å². The normalized spacial score (nSPS) is 12.9. The lowest BCUT2D eigenvalue weighted by molar-refractivity contribution is -0.0179. The van der Waals surface area contributed by atoms with Crippen LogP contribution in [0.4, 0.5) is 19.7 Å². The Kier molecular flexibility index (Phi) is 11.3. The summed E-state index contributed by atoms with van der Waals surface area (Å²) < 4.78 is 26.7. The first-order valence-electron chi connectivity index (χ1n) is 10.6. The van der Waals surface area contributed by atoms with Crippen molar-refractivity contribution in [3.63, 3.8) is 0 Å². The molecule has 0 aromatic carbocycles. The fourth-order valence-electron chi connectivity index (χ4n) is 3.19. The van der Waals surface area contributed by atoms with E-state index in [1.807, 2.05) is 25.8 Å². The third-order valence-electron chi connectivity index (χ3n) is 4.86. The standard InChI is InChI=1S/C17H26F2N6S.C2H6.CH3B/c1-3-17(18,19)6-10-24(2)7-4-8-25-9-5-13-14(22-16(20)26-13)12-11-21-23-15(12)25;2*1-2/h11H,3-10H2,1-2H3,(H2,20,22)(H,21,23);1-2H3;1H3. The molecule has 0 saturated heterocycles. The van der Waals surface area contributed by atoms with Crippen LogP contribution in [0.3, 0.4) is 0 Å². The Balaban J connectivity index is 0.00000106. The molecule has 3 rings (SSSR count). The molecule has 0 aliphatic carbocycles. The minimum absolute atomic E-state index is 0.0816. The first-order chi connectivity index (χ1) is 14.4. The van der Waals surface area contributed by atoms with Gasteiger partial charge in [-0.2, -0.15) is 5.10 Å². The molecule has 0 amide bonds. The van der Waals surface area contributed by atoms with Crippen molar-refractivity contribution < 1.29 is 8.78 Å². The maximum Gasteiger partial charge on any atom is 0.249 e. The molecule has 0 atom stereocenters. The number of nitrogen functional groups attached to an aromatic ring is 1. The number of nitrogens with zero attached hydrogens (tertiary/aromatic N) is 4. The number of fused-ring (bicyclic) bond motifs is 3. The average molecular weight is 440 g/mol. The minimum Gasteiger partial charge on any atom is -0.375 e. The number of halogens is 2. The van der Waals surface area contributed by atoms with E-state index in [4.69, 9.17) is 5.73 Å². The third kappa shape index (κ3) is 7.23. The van der Waals surface area contributed by atoms with Crippen LogP contribution in [0, 0.1) is 0 Å². The highest BCUT2D eigenvalue weighted by molar-refractivity contribution is 7.15. The molecule has 2 radical (unpaired) electrons. The number of H-pyrrole nitrogens is 1. The summed E-state index contributed by atoms with van der Waals surface area (Å²) in [5, 5.41) is 7.84. The van der Waals surface area contributed by atoms with Crippen LogP contribution in [0.25, 0.3) is 11.3 Å². The summed E-state index contributed by atoms with van der Waals surface area (Å²) in [5.74, 6) is -1.59. The summed E-state index contributed by atoms with van der Waals surface area (Å²) >= 11 is 1.53. The first-order valence-corrected chi connectivity index (χ1v) is 11.4. The van der Waals surface area contributed by atoms with Crippen molar-refractivity contribution in [3.8, 4) is 11.3 Å². The van der Waals surface area contributed by atoms with Gasteiger partial charge in [0.15, 0.2) is 5.13 Å². The summed E-state index contributed by atoms with van der Waals surface area (Å²) in [5.41, 5.74) is 7.77. The largest absolute Gasteiger partial charge is 0.375 e. The number of anilines is 2. The smallest absolute Gasteiger partial charge is 0.249 e. The molecule has 2 aromatic rings. The van der Waals surface area contributed by atoms with Gasteiger partial charge in [0, 0.05) is 43.8 Å². The Labute approximate surface area is 184 Å². The number of rotatable bonds is 8. The number of aromatic nitrogens is 3. The predicted molar refractivity (Wildman–Crippen MR) is 125 cm³/mol. The molecule has 0 unspecified atom stereocenters. The zero-order valence-electron chi connectivity index (χ0n) is 18.8. The van der Waals surface area contributed by atoms with Crippen LogP contribution in [-0.2, 0) is 6.42 Å². The van der Waals surface area contributed by atoms with Gasteiger partial charge in [-0.1, -0.05) is 27.6 Å². The predicted octanol–water partition coefficient (Wildman–Crippen LogP) is 4.46. The summed E-state index contributed by atoms with van der Waals surface area (Å²) in [6, 6.07) is 0. The topological polar surface area (TPSA) is 74.1 Å². The van der Waals surface area contributed by atoms with E-state index < -0.39 is 5.92 Å². The van der Waals surface area contributed by atoms with Gasteiger partial charge in [0.2, 0.25) is 5.92 Å². The zero-order chi connectivity index (χ0) is 22.7. The van der Waals surface area contributed by atoms with Crippen molar-refractivity contribution in [3.05, 3.63) is 11.1 Å².